The van der Waals surface area contributed by atoms with Crippen LogP contribution in [0.2, 0.25) is 0 Å². The van der Waals surface area contributed by atoms with Gasteiger partial charge in [0, 0.05) is 44.8 Å². The molecule has 0 fully saturated rings. The summed E-state index contributed by atoms with van der Waals surface area (Å²) in [6.45, 7) is 5.54. The molecule has 3 aromatic rings. The van der Waals surface area contributed by atoms with Crippen LogP contribution in [0.15, 0.2) is 54.6 Å². The minimum absolute atomic E-state index is 0.0270. The molecule has 190 valence electrons. The predicted molar refractivity (Wildman–Crippen MR) is 141 cm³/mol. The fraction of sp³-hybridized carbons (Fsp3) is 0.321. The first-order valence-corrected chi connectivity index (χ1v) is 11.9. The molecule has 8 heteroatoms. The smallest absolute Gasteiger partial charge is 0.300 e. The number of nitrogens with one attached hydrogen (secondary N) is 1. The van der Waals surface area contributed by atoms with Gasteiger partial charge in [0.2, 0.25) is 0 Å². The highest BCUT2D eigenvalue weighted by molar-refractivity contribution is 5.94. The Morgan fingerprint density at radius 1 is 1.11 bits per heavy atom. The van der Waals surface area contributed by atoms with Gasteiger partial charge in [-0.2, -0.15) is 0 Å². The highest BCUT2D eigenvalue weighted by Gasteiger charge is 2.14. The minimum atomic E-state index is -0.833. The summed E-state index contributed by atoms with van der Waals surface area (Å²) in [6, 6.07) is 17.7. The van der Waals surface area contributed by atoms with Crippen LogP contribution < -0.4 is 11.1 Å². The molecule has 1 aromatic heterocycles. The van der Waals surface area contributed by atoms with Crippen LogP contribution in [0, 0.1) is 6.92 Å². The van der Waals surface area contributed by atoms with E-state index in [1.165, 1.54) is 0 Å². The van der Waals surface area contributed by atoms with Gasteiger partial charge in [-0.05, 0) is 60.4 Å². The largest absolute Gasteiger partial charge is 0.481 e. The van der Waals surface area contributed by atoms with Crippen molar-refractivity contribution in [3.05, 3.63) is 88.2 Å². The van der Waals surface area contributed by atoms with Crippen molar-refractivity contribution in [3.63, 3.8) is 0 Å². The summed E-state index contributed by atoms with van der Waals surface area (Å²) >= 11 is 0. The van der Waals surface area contributed by atoms with Gasteiger partial charge in [0.1, 0.15) is 0 Å². The van der Waals surface area contributed by atoms with Crippen LogP contribution in [0.4, 0.5) is 11.4 Å². The van der Waals surface area contributed by atoms with Crippen LogP contribution in [0.3, 0.4) is 0 Å². The summed E-state index contributed by atoms with van der Waals surface area (Å²) in [6.07, 6.45) is 1.56. The molecule has 0 atom stereocenters. The number of aromatic nitrogens is 1. The lowest BCUT2D eigenvalue weighted by Crippen LogP contribution is -2.26. The van der Waals surface area contributed by atoms with Crippen LogP contribution >= 0.6 is 0 Å². The van der Waals surface area contributed by atoms with Gasteiger partial charge in [0.15, 0.2) is 0 Å². The molecule has 0 aliphatic carbocycles. The van der Waals surface area contributed by atoms with Gasteiger partial charge in [-0.25, -0.2) is 0 Å². The molecule has 0 unspecified atom stereocenters. The Kier molecular flexibility index (Phi) is 9.41. The molecule has 6 bridgehead atoms. The topological polar surface area (TPSA) is 118 Å². The normalized spacial score (nSPS) is 14.3. The second-order valence-electron chi connectivity index (χ2n) is 8.82. The first kappa shape index (κ1) is 26.7. The van der Waals surface area contributed by atoms with Gasteiger partial charge in [-0.1, -0.05) is 24.3 Å². The standard InChI is InChI=1S/C26H30N4O2.C2H4O2/c1-18-21-11-12-24(25(18)27)28-13-4-14-32-17-19-7-9-20(10-8-19)26(31)30(2)16-23-6-3-5-22(15-21)29-23;1-2(3)4/h3,5-12,28H,4,13-17,27H2,1-2H3;1H3,(H,3,4). The van der Waals surface area contributed by atoms with Crippen molar-refractivity contribution in [1.82, 2.24) is 9.88 Å². The second-order valence-corrected chi connectivity index (χ2v) is 8.82. The average molecular weight is 491 g/mol. The first-order chi connectivity index (χ1) is 17.2. The maximum absolute atomic E-state index is 12.9. The summed E-state index contributed by atoms with van der Waals surface area (Å²) in [5.41, 5.74) is 13.9. The van der Waals surface area contributed by atoms with Crippen molar-refractivity contribution in [2.75, 3.05) is 31.2 Å². The fourth-order valence-electron chi connectivity index (χ4n) is 3.90. The Morgan fingerprint density at radius 3 is 2.53 bits per heavy atom. The number of aliphatic carboxylic acids is 1. The van der Waals surface area contributed by atoms with E-state index in [4.69, 9.17) is 25.4 Å². The third-order valence-corrected chi connectivity index (χ3v) is 5.86. The summed E-state index contributed by atoms with van der Waals surface area (Å²) < 4.78 is 5.79. The van der Waals surface area contributed by atoms with E-state index < -0.39 is 5.97 Å². The maximum Gasteiger partial charge on any atom is 0.300 e. The van der Waals surface area contributed by atoms with Crippen LogP contribution in [-0.4, -0.2) is 47.1 Å². The molecule has 0 spiro atoms. The van der Waals surface area contributed by atoms with Gasteiger partial charge in [-0.3, -0.25) is 14.6 Å². The van der Waals surface area contributed by atoms with E-state index in [1.54, 1.807) is 11.9 Å². The van der Waals surface area contributed by atoms with Crippen molar-refractivity contribution in [1.29, 1.82) is 0 Å². The van der Waals surface area contributed by atoms with E-state index in [0.717, 1.165) is 59.3 Å². The van der Waals surface area contributed by atoms with E-state index >= 15 is 0 Å². The SMILES string of the molecule is CC(=O)O.Cc1c2ccc(c1N)NCCCOCc1ccc(cc1)C(=O)N(C)Cc1cccc(n1)C2. The number of carboxylic acid groups (broad SMARTS) is 1. The molecule has 7 rings (SSSR count). The number of hydrogen-bond acceptors (Lipinski definition) is 6. The molecule has 4 aliphatic rings. The zero-order valence-electron chi connectivity index (χ0n) is 21.1. The molecule has 8 nitrogen and oxygen atoms in total. The molecule has 0 radical (unpaired) electrons. The third kappa shape index (κ3) is 7.55. The molecule has 4 N–H and O–H groups in total. The average Bonchev–Trinajstić information content (AvgIpc) is 2.84. The van der Waals surface area contributed by atoms with Crippen molar-refractivity contribution < 1.29 is 19.4 Å². The molecule has 2 aromatic carbocycles. The molecular formula is C28H34N4O4. The van der Waals surface area contributed by atoms with E-state index in [-0.39, 0.29) is 5.91 Å². The molecular weight excluding hydrogens is 456 g/mol. The number of nitrogens with two attached hydrogens (primary N) is 1. The van der Waals surface area contributed by atoms with Crippen LogP contribution in [0.25, 0.3) is 0 Å². The Morgan fingerprint density at radius 2 is 1.81 bits per heavy atom. The van der Waals surface area contributed by atoms with Gasteiger partial charge in [0.25, 0.3) is 11.9 Å². The van der Waals surface area contributed by atoms with Crippen LogP contribution in [0.5, 0.6) is 0 Å². The Bertz CT molecular complexity index is 1190. The zero-order chi connectivity index (χ0) is 26.1. The monoisotopic (exact) mass is 490 g/mol. The van der Waals surface area contributed by atoms with Gasteiger partial charge in [0.05, 0.1) is 30.2 Å². The van der Waals surface area contributed by atoms with Crippen molar-refractivity contribution in [2.45, 2.75) is 39.8 Å². The number of amides is 1. The highest BCUT2D eigenvalue weighted by atomic mass is 16.5. The number of rotatable bonds is 0. The Balaban J connectivity index is 0.000000840. The van der Waals surface area contributed by atoms with E-state index in [2.05, 4.69) is 18.3 Å². The van der Waals surface area contributed by atoms with E-state index in [9.17, 15) is 4.79 Å². The van der Waals surface area contributed by atoms with Crippen molar-refractivity contribution >= 4 is 23.3 Å². The summed E-state index contributed by atoms with van der Waals surface area (Å²) in [4.78, 5) is 28.4. The summed E-state index contributed by atoms with van der Waals surface area (Å²) in [5, 5.41) is 10.8. The molecule has 36 heavy (non-hydrogen) atoms. The van der Waals surface area contributed by atoms with Crippen LogP contribution in [0.1, 0.15) is 51.8 Å². The zero-order valence-corrected chi connectivity index (χ0v) is 21.1. The van der Waals surface area contributed by atoms with E-state index in [0.29, 0.717) is 31.7 Å². The lowest BCUT2D eigenvalue weighted by Gasteiger charge is -2.18. The number of carbonyl (C=O) groups excluding carboxylic acids is 1. The van der Waals surface area contributed by atoms with Crippen LogP contribution in [-0.2, 0) is 29.1 Å². The summed E-state index contributed by atoms with van der Waals surface area (Å²) in [7, 11) is 1.81. The Labute approximate surface area is 212 Å². The quantitative estimate of drug-likeness (QED) is 0.403. The van der Waals surface area contributed by atoms with E-state index in [1.807, 2.05) is 48.5 Å². The molecule has 0 saturated heterocycles. The Hall–Kier alpha value is -3.91. The summed E-state index contributed by atoms with van der Waals surface area (Å²) in [5.74, 6) is -0.860. The molecule has 0 saturated carbocycles. The number of anilines is 2. The number of nitrogens with zero attached hydrogens (tertiary/aromatic N) is 2. The molecule has 5 heterocycles. The predicted octanol–water partition coefficient (Wildman–Crippen LogP) is 4.26. The minimum Gasteiger partial charge on any atom is -0.481 e. The lowest BCUT2D eigenvalue weighted by molar-refractivity contribution is -0.134. The van der Waals surface area contributed by atoms with Gasteiger partial charge in [-0.15, -0.1) is 0 Å². The van der Waals surface area contributed by atoms with Gasteiger partial charge < -0.3 is 25.8 Å². The molecule has 4 aliphatic heterocycles. The third-order valence-electron chi connectivity index (χ3n) is 5.86. The second kappa shape index (κ2) is 12.7. The van der Waals surface area contributed by atoms with Crippen molar-refractivity contribution in [3.8, 4) is 0 Å². The van der Waals surface area contributed by atoms with Crippen molar-refractivity contribution in [2.24, 2.45) is 0 Å². The number of pyridine rings is 1. The number of carboxylic acids is 1. The number of hydrogen-bond donors (Lipinski definition) is 3. The fourth-order valence-corrected chi connectivity index (χ4v) is 3.90. The number of nitrogen functional groups attached to an aromatic ring is 1. The maximum atomic E-state index is 12.9. The number of carbonyl (C=O) groups is 2. The molecule has 1 amide bonds. The number of ether oxygens (including phenoxy) is 1. The first-order valence-electron chi connectivity index (χ1n) is 11.9. The highest BCUT2D eigenvalue weighted by Crippen LogP contribution is 2.27. The van der Waals surface area contributed by atoms with Gasteiger partial charge >= 0.3 is 0 Å². The lowest BCUT2D eigenvalue weighted by atomic mass is 10.0. The number of benzene rings is 2.